The molecule has 1 atom stereocenters. The topological polar surface area (TPSA) is 33.1 Å². The SMILES string of the molecule is CCc1cnccc1[C@H](O)CC. The maximum absolute atomic E-state index is 9.61. The average Bonchev–Trinajstić information content (AvgIpc) is 2.16. The first-order valence-electron chi connectivity index (χ1n) is 4.40. The van der Waals surface area contributed by atoms with E-state index in [2.05, 4.69) is 11.9 Å². The van der Waals surface area contributed by atoms with Crippen LogP contribution in [-0.4, -0.2) is 10.1 Å². The Labute approximate surface area is 73.3 Å². The maximum Gasteiger partial charge on any atom is 0.0791 e. The van der Waals surface area contributed by atoms with Crippen LogP contribution in [0.4, 0.5) is 0 Å². The summed E-state index contributed by atoms with van der Waals surface area (Å²) in [5.74, 6) is 0. The van der Waals surface area contributed by atoms with Crippen LogP contribution in [0.5, 0.6) is 0 Å². The van der Waals surface area contributed by atoms with Crippen molar-refractivity contribution >= 4 is 0 Å². The van der Waals surface area contributed by atoms with Crippen molar-refractivity contribution in [3.8, 4) is 0 Å². The van der Waals surface area contributed by atoms with Gasteiger partial charge in [-0.3, -0.25) is 4.98 Å². The van der Waals surface area contributed by atoms with E-state index in [0.29, 0.717) is 0 Å². The van der Waals surface area contributed by atoms with Crippen LogP contribution in [0.3, 0.4) is 0 Å². The van der Waals surface area contributed by atoms with E-state index < -0.39 is 0 Å². The first kappa shape index (κ1) is 9.20. The van der Waals surface area contributed by atoms with E-state index in [0.717, 1.165) is 24.0 Å². The number of aliphatic hydroxyl groups is 1. The zero-order valence-electron chi connectivity index (χ0n) is 7.62. The molecule has 2 nitrogen and oxygen atoms in total. The third-order valence-electron chi connectivity index (χ3n) is 2.07. The number of hydrogen-bond acceptors (Lipinski definition) is 2. The van der Waals surface area contributed by atoms with Gasteiger partial charge in [0, 0.05) is 12.4 Å². The van der Waals surface area contributed by atoms with Gasteiger partial charge in [-0.15, -0.1) is 0 Å². The fraction of sp³-hybridized carbons (Fsp3) is 0.500. The van der Waals surface area contributed by atoms with Crippen LogP contribution in [-0.2, 0) is 6.42 Å². The van der Waals surface area contributed by atoms with Gasteiger partial charge in [-0.2, -0.15) is 0 Å². The third kappa shape index (κ3) is 1.83. The van der Waals surface area contributed by atoms with Crippen molar-refractivity contribution < 1.29 is 5.11 Å². The first-order valence-corrected chi connectivity index (χ1v) is 4.40. The van der Waals surface area contributed by atoms with E-state index in [1.165, 1.54) is 0 Å². The standard InChI is InChI=1S/C10H15NO/c1-3-8-7-11-6-5-9(8)10(12)4-2/h5-7,10,12H,3-4H2,1-2H3/t10-/m1/s1. The Bertz CT molecular complexity index is 247. The Morgan fingerprint density at radius 1 is 1.50 bits per heavy atom. The first-order chi connectivity index (χ1) is 5.79. The van der Waals surface area contributed by atoms with E-state index in [9.17, 15) is 5.11 Å². The number of aliphatic hydroxyl groups excluding tert-OH is 1. The van der Waals surface area contributed by atoms with E-state index in [-0.39, 0.29) is 6.10 Å². The van der Waals surface area contributed by atoms with Crippen molar-refractivity contribution in [2.24, 2.45) is 0 Å². The molecule has 0 radical (unpaired) electrons. The predicted molar refractivity (Wildman–Crippen MR) is 48.9 cm³/mol. The Morgan fingerprint density at radius 3 is 2.83 bits per heavy atom. The summed E-state index contributed by atoms with van der Waals surface area (Å²) in [6.45, 7) is 4.05. The fourth-order valence-electron chi connectivity index (χ4n) is 1.28. The Kier molecular flexibility index (Phi) is 3.23. The molecule has 2 heteroatoms. The van der Waals surface area contributed by atoms with Gasteiger partial charge < -0.3 is 5.11 Å². The number of pyridine rings is 1. The fourth-order valence-corrected chi connectivity index (χ4v) is 1.28. The van der Waals surface area contributed by atoms with Gasteiger partial charge in [0.25, 0.3) is 0 Å². The van der Waals surface area contributed by atoms with E-state index in [1.807, 2.05) is 19.2 Å². The molecule has 0 fully saturated rings. The summed E-state index contributed by atoms with van der Waals surface area (Å²) >= 11 is 0. The number of rotatable bonds is 3. The third-order valence-corrected chi connectivity index (χ3v) is 2.07. The molecule has 0 unspecified atom stereocenters. The second-order valence-corrected chi connectivity index (χ2v) is 2.85. The molecule has 1 rings (SSSR count). The maximum atomic E-state index is 9.61. The molecule has 0 amide bonds. The average molecular weight is 165 g/mol. The summed E-state index contributed by atoms with van der Waals surface area (Å²) < 4.78 is 0. The number of hydrogen-bond donors (Lipinski definition) is 1. The molecule has 0 saturated carbocycles. The number of nitrogens with zero attached hydrogens (tertiary/aromatic N) is 1. The molecule has 0 aromatic carbocycles. The monoisotopic (exact) mass is 165 g/mol. The molecule has 0 aliphatic carbocycles. The molecule has 0 aliphatic heterocycles. The summed E-state index contributed by atoms with van der Waals surface area (Å²) in [7, 11) is 0. The molecule has 1 aromatic rings. The quantitative estimate of drug-likeness (QED) is 0.744. The molecule has 0 bridgehead atoms. The van der Waals surface area contributed by atoms with Gasteiger partial charge in [-0.1, -0.05) is 13.8 Å². The van der Waals surface area contributed by atoms with Crippen LogP contribution in [0.1, 0.15) is 37.5 Å². The van der Waals surface area contributed by atoms with Crippen molar-refractivity contribution in [2.45, 2.75) is 32.8 Å². The van der Waals surface area contributed by atoms with Gasteiger partial charge in [-0.25, -0.2) is 0 Å². The van der Waals surface area contributed by atoms with Crippen molar-refractivity contribution in [1.29, 1.82) is 0 Å². The molecule has 1 heterocycles. The molecule has 66 valence electrons. The van der Waals surface area contributed by atoms with Crippen molar-refractivity contribution in [2.75, 3.05) is 0 Å². The minimum Gasteiger partial charge on any atom is -0.388 e. The normalized spacial score (nSPS) is 12.9. The summed E-state index contributed by atoms with van der Waals surface area (Å²) in [5.41, 5.74) is 2.17. The number of aromatic nitrogens is 1. The van der Waals surface area contributed by atoms with Crippen LogP contribution < -0.4 is 0 Å². The molecule has 0 saturated heterocycles. The van der Waals surface area contributed by atoms with Gasteiger partial charge in [0.1, 0.15) is 0 Å². The highest BCUT2D eigenvalue weighted by molar-refractivity contribution is 5.25. The van der Waals surface area contributed by atoms with Gasteiger partial charge in [0.2, 0.25) is 0 Å². The largest absolute Gasteiger partial charge is 0.388 e. The Balaban J connectivity index is 2.96. The smallest absolute Gasteiger partial charge is 0.0791 e. The summed E-state index contributed by atoms with van der Waals surface area (Å²) in [5, 5.41) is 9.61. The van der Waals surface area contributed by atoms with Gasteiger partial charge in [-0.05, 0) is 30.0 Å². The minimum absolute atomic E-state index is 0.331. The Morgan fingerprint density at radius 2 is 2.25 bits per heavy atom. The minimum atomic E-state index is -0.331. The molecule has 0 spiro atoms. The van der Waals surface area contributed by atoms with Crippen LogP contribution in [0, 0.1) is 0 Å². The zero-order chi connectivity index (χ0) is 8.97. The van der Waals surface area contributed by atoms with E-state index in [1.54, 1.807) is 6.20 Å². The van der Waals surface area contributed by atoms with Crippen LogP contribution in [0.25, 0.3) is 0 Å². The second kappa shape index (κ2) is 4.21. The summed E-state index contributed by atoms with van der Waals surface area (Å²) in [4.78, 5) is 4.02. The van der Waals surface area contributed by atoms with Crippen molar-refractivity contribution in [3.05, 3.63) is 29.6 Å². The highest BCUT2D eigenvalue weighted by Gasteiger charge is 2.08. The molecule has 12 heavy (non-hydrogen) atoms. The highest BCUT2D eigenvalue weighted by atomic mass is 16.3. The van der Waals surface area contributed by atoms with Gasteiger partial charge in [0.05, 0.1) is 6.10 Å². The molecular weight excluding hydrogens is 150 g/mol. The van der Waals surface area contributed by atoms with Crippen LogP contribution >= 0.6 is 0 Å². The second-order valence-electron chi connectivity index (χ2n) is 2.85. The highest BCUT2D eigenvalue weighted by Crippen LogP contribution is 2.19. The van der Waals surface area contributed by atoms with E-state index >= 15 is 0 Å². The number of aryl methyl sites for hydroxylation is 1. The lowest BCUT2D eigenvalue weighted by Gasteiger charge is -2.11. The van der Waals surface area contributed by atoms with Crippen LogP contribution in [0.2, 0.25) is 0 Å². The van der Waals surface area contributed by atoms with Crippen molar-refractivity contribution in [3.63, 3.8) is 0 Å². The van der Waals surface area contributed by atoms with Gasteiger partial charge in [0.15, 0.2) is 0 Å². The lowest BCUT2D eigenvalue weighted by atomic mass is 10.0. The van der Waals surface area contributed by atoms with Gasteiger partial charge >= 0.3 is 0 Å². The zero-order valence-corrected chi connectivity index (χ0v) is 7.62. The molecule has 0 aliphatic rings. The summed E-state index contributed by atoms with van der Waals surface area (Å²) in [6.07, 6.45) is 4.92. The Hall–Kier alpha value is -0.890. The lowest BCUT2D eigenvalue weighted by Crippen LogP contribution is -2.00. The lowest BCUT2D eigenvalue weighted by molar-refractivity contribution is 0.172. The molecule has 1 N–H and O–H groups in total. The van der Waals surface area contributed by atoms with Crippen LogP contribution in [0.15, 0.2) is 18.5 Å². The summed E-state index contributed by atoms with van der Waals surface area (Å²) in [6, 6.07) is 1.90. The van der Waals surface area contributed by atoms with E-state index in [4.69, 9.17) is 0 Å². The van der Waals surface area contributed by atoms with Crippen molar-refractivity contribution in [1.82, 2.24) is 4.98 Å². The molecule has 1 aromatic heterocycles. The molecular formula is C10H15NO. The predicted octanol–water partition coefficient (Wildman–Crippen LogP) is 2.09.